The van der Waals surface area contributed by atoms with Gasteiger partial charge in [-0.25, -0.2) is 0 Å². The lowest BCUT2D eigenvalue weighted by molar-refractivity contribution is 0.401. The van der Waals surface area contributed by atoms with Gasteiger partial charge < -0.3 is 11.1 Å². The van der Waals surface area contributed by atoms with E-state index in [-0.39, 0.29) is 0 Å². The van der Waals surface area contributed by atoms with Crippen molar-refractivity contribution in [3.8, 4) is 0 Å². The van der Waals surface area contributed by atoms with Gasteiger partial charge in [-0.1, -0.05) is 12.8 Å². The van der Waals surface area contributed by atoms with Crippen molar-refractivity contribution in [2.45, 2.75) is 25.7 Å². The van der Waals surface area contributed by atoms with E-state index in [2.05, 4.69) is 5.32 Å². The largest absolute Gasteiger partial charge is 0.330 e. The van der Waals surface area contributed by atoms with Gasteiger partial charge >= 0.3 is 0 Å². The van der Waals surface area contributed by atoms with Crippen LogP contribution in [-0.4, -0.2) is 19.6 Å². The Kier molecular flexibility index (Phi) is 3.76. The van der Waals surface area contributed by atoms with Gasteiger partial charge in [0.1, 0.15) is 0 Å². The van der Waals surface area contributed by atoms with Crippen molar-refractivity contribution in [3.05, 3.63) is 0 Å². The van der Waals surface area contributed by atoms with Gasteiger partial charge in [0.05, 0.1) is 0 Å². The second-order valence-electron chi connectivity index (χ2n) is 3.16. The van der Waals surface area contributed by atoms with Crippen LogP contribution in [0.5, 0.6) is 0 Å². The molecule has 0 spiro atoms. The zero-order valence-corrected chi connectivity index (χ0v) is 6.60. The Morgan fingerprint density at radius 3 is 3.00 bits per heavy atom. The van der Waals surface area contributed by atoms with Crippen LogP contribution in [0.1, 0.15) is 25.7 Å². The van der Waals surface area contributed by atoms with Crippen molar-refractivity contribution in [1.29, 1.82) is 0 Å². The van der Waals surface area contributed by atoms with Crippen LogP contribution in [0.3, 0.4) is 0 Å². The Morgan fingerprint density at radius 2 is 2.20 bits per heavy atom. The molecule has 0 bridgehead atoms. The molecule has 1 rings (SSSR count). The zero-order valence-electron chi connectivity index (χ0n) is 6.60. The molecule has 0 radical (unpaired) electrons. The van der Waals surface area contributed by atoms with Crippen LogP contribution in [-0.2, 0) is 0 Å². The Hall–Kier alpha value is -0.0800. The molecule has 0 aromatic heterocycles. The summed E-state index contributed by atoms with van der Waals surface area (Å²) in [6.45, 7) is 3.18. The fourth-order valence-electron chi connectivity index (χ4n) is 1.47. The monoisotopic (exact) mass is 142 g/mol. The maximum Gasteiger partial charge on any atom is -0.000846 e. The number of rotatable bonds is 1. The highest BCUT2D eigenvalue weighted by Gasteiger charge is 2.07. The first-order valence-corrected chi connectivity index (χ1v) is 4.34. The zero-order chi connectivity index (χ0) is 7.23. The van der Waals surface area contributed by atoms with E-state index in [1.54, 1.807) is 0 Å². The topological polar surface area (TPSA) is 38.0 Å². The van der Waals surface area contributed by atoms with Crippen molar-refractivity contribution >= 4 is 0 Å². The normalized spacial score (nSPS) is 29.1. The molecular formula is C8H18N2. The number of hydrogen-bond acceptors (Lipinski definition) is 2. The predicted octanol–water partition coefficient (Wildman–Crippen LogP) is 0.725. The Labute approximate surface area is 63.2 Å². The number of nitrogens with one attached hydrogen (secondary N) is 1. The van der Waals surface area contributed by atoms with Gasteiger partial charge in [-0.15, -0.1) is 0 Å². The third kappa shape index (κ3) is 2.67. The van der Waals surface area contributed by atoms with Gasteiger partial charge in [-0.3, -0.25) is 0 Å². The van der Waals surface area contributed by atoms with Gasteiger partial charge in [0.15, 0.2) is 0 Å². The summed E-state index contributed by atoms with van der Waals surface area (Å²) in [5.74, 6) is 0.736. The van der Waals surface area contributed by atoms with Crippen molar-refractivity contribution in [2.24, 2.45) is 11.7 Å². The molecule has 1 aliphatic heterocycles. The van der Waals surface area contributed by atoms with Crippen LogP contribution in [0.4, 0.5) is 0 Å². The van der Waals surface area contributed by atoms with Crippen molar-refractivity contribution in [2.75, 3.05) is 19.6 Å². The molecular weight excluding hydrogens is 124 g/mol. The average Bonchev–Trinajstić information content (AvgIpc) is 1.87. The van der Waals surface area contributed by atoms with E-state index >= 15 is 0 Å². The van der Waals surface area contributed by atoms with E-state index in [4.69, 9.17) is 5.73 Å². The summed E-state index contributed by atoms with van der Waals surface area (Å²) >= 11 is 0. The first kappa shape index (κ1) is 8.02. The highest BCUT2D eigenvalue weighted by Crippen LogP contribution is 2.10. The molecule has 10 heavy (non-hydrogen) atoms. The van der Waals surface area contributed by atoms with E-state index in [9.17, 15) is 0 Å². The van der Waals surface area contributed by atoms with E-state index < -0.39 is 0 Å². The fourth-order valence-corrected chi connectivity index (χ4v) is 1.47. The lowest BCUT2D eigenvalue weighted by atomic mass is 9.99. The molecule has 0 unspecified atom stereocenters. The molecule has 0 aromatic carbocycles. The Bertz CT molecular complexity index is 75.3. The highest BCUT2D eigenvalue weighted by atomic mass is 14.9. The third-order valence-electron chi connectivity index (χ3n) is 2.23. The summed E-state index contributed by atoms with van der Waals surface area (Å²) in [7, 11) is 0. The van der Waals surface area contributed by atoms with Crippen LogP contribution >= 0.6 is 0 Å². The van der Waals surface area contributed by atoms with Crippen LogP contribution in [0, 0.1) is 5.92 Å². The van der Waals surface area contributed by atoms with E-state index in [1.807, 2.05) is 0 Å². The third-order valence-corrected chi connectivity index (χ3v) is 2.23. The minimum absolute atomic E-state index is 0.736. The first-order chi connectivity index (χ1) is 4.93. The molecule has 1 saturated heterocycles. The van der Waals surface area contributed by atoms with E-state index in [0.29, 0.717) is 0 Å². The number of hydrogen-bond donors (Lipinski definition) is 2. The quantitative estimate of drug-likeness (QED) is 0.566. The van der Waals surface area contributed by atoms with Gasteiger partial charge in [0, 0.05) is 0 Å². The molecule has 1 aliphatic rings. The number of nitrogens with two attached hydrogens (primary N) is 1. The summed E-state index contributed by atoms with van der Waals surface area (Å²) in [5, 5.41) is 3.41. The molecule has 3 N–H and O–H groups in total. The van der Waals surface area contributed by atoms with E-state index in [0.717, 1.165) is 19.0 Å². The maximum absolute atomic E-state index is 5.58. The van der Waals surface area contributed by atoms with Gasteiger partial charge in [0.2, 0.25) is 0 Å². The van der Waals surface area contributed by atoms with Gasteiger partial charge in [-0.2, -0.15) is 0 Å². The minimum Gasteiger partial charge on any atom is -0.330 e. The highest BCUT2D eigenvalue weighted by molar-refractivity contribution is 4.66. The summed E-state index contributed by atoms with van der Waals surface area (Å²) in [6, 6.07) is 0. The molecule has 1 fully saturated rings. The molecule has 0 amide bonds. The minimum atomic E-state index is 0.736. The molecule has 2 heteroatoms. The Balaban J connectivity index is 2.16. The van der Waals surface area contributed by atoms with Gasteiger partial charge in [0.25, 0.3) is 0 Å². The maximum atomic E-state index is 5.58. The van der Waals surface area contributed by atoms with Crippen LogP contribution in [0.15, 0.2) is 0 Å². The standard InChI is InChI=1S/C8H18N2/c9-6-8-4-2-1-3-5-10-7-8/h8,10H,1-7,9H2/t8-/m0/s1. The predicted molar refractivity (Wildman–Crippen MR) is 43.9 cm³/mol. The summed E-state index contributed by atoms with van der Waals surface area (Å²) < 4.78 is 0. The van der Waals surface area contributed by atoms with Crippen molar-refractivity contribution in [1.82, 2.24) is 5.32 Å². The second-order valence-corrected chi connectivity index (χ2v) is 3.16. The molecule has 1 atom stereocenters. The average molecular weight is 142 g/mol. The second kappa shape index (κ2) is 4.69. The first-order valence-electron chi connectivity index (χ1n) is 4.34. The SMILES string of the molecule is NC[C@@H]1CCCCCNC1. The summed E-state index contributed by atoms with van der Waals surface area (Å²) in [4.78, 5) is 0. The van der Waals surface area contributed by atoms with Gasteiger partial charge in [-0.05, 0) is 38.4 Å². The fraction of sp³-hybridized carbons (Fsp3) is 1.00. The van der Waals surface area contributed by atoms with E-state index in [1.165, 1.54) is 32.2 Å². The molecule has 0 aliphatic carbocycles. The Morgan fingerprint density at radius 1 is 1.30 bits per heavy atom. The lowest BCUT2D eigenvalue weighted by Gasteiger charge is -2.18. The van der Waals surface area contributed by atoms with Crippen molar-refractivity contribution < 1.29 is 0 Å². The molecule has 0 saturated carbocycles. The summed E-state index contributed by atoms with van der Waals surface area (Å²) in [5.41, 5.74) is 5.58. The van der Waals surface area contributed by atoms with Crippen LogP contribution in [0.2, 0.25) is 0 Å². The lowest BCUT2D eigenvalue weighted by Crippen LogP contribution is -2.30. The molecule has 1 heterocycles. The smallest absolute Gasteiger partial charge is 0.000846 e. The molecule has 2 nitrogen and oxygen atoms in total. The summed E-state index contributed by atoms with van der Waals surface area (Å²) in [6.07, 6.45) is 5.42. The molecule has 60 valence electrons. The van der Waals surface area contributed by atoms with Crippen LogP contribution in [0.25, 0.3) is 0 Å². The van der Waals surface area contributed by atoms with Crippen LogP contribution < -0.4 is 11.1 Å². The molecule has 0 aromatic rings. The van der Waals surface area contributed by atoms with Crippen molar-refractivity contribution in [3.63, 3.8) is 0 Å².